The Bertz CT molecular complexity index is 647. The van der Waals surface area contributed by atoms with Crippen LogP contribution in [0.3, 0.4) is 0 Å². The normalized spacial score (nSPS) is 16.8. The van der Waals surface area contributed by atoms with Gasteiger partial charge in [-0.2, -0.15) is 5.10 Å². The third-order valence-electron chi connectivity index (χ3n) is 2.42. The molecule has 0 saturated carbocycles. The largest absolute Gasteiger partial charge is 0.504 e. The number of carbonyl (C=O) groups is 1. The maximum Gasteiger partial charge on any atom is 0.259 e. The van der Waals surface area contributed by atoms with Gasteiger partial charge in [-0.05, 0) is 23.8 Å². The first kappa shape index (κ1) is 13.5. The molecule has 0 fully saturated rings. The molecule has 20 heavy (non-hydrogen) atoms. The molecule has 1 amide bonds. The Balaban J connectivity index is 2.12. The summed E-state index contributed by atoms with van der Waals surface area (Å²) in [7, 11) is 1.45. The summed E-state index contributed by atoms with van der Waals surface area (Å²) >= 11 is 0. The van der Waals surface area contributed by atoms with Crippen molar-refractivity contribution in [2.24, 2.45) is 15.2 Å². The minimum absolute atomic E-state index is 0.0404. The number of hydrogen-bond donors (Lipinski definition) is 2. The maximum absolute atomic E-state index is 11.3. The van der Waals surface area contributed by atoms with Crippen molar-refractivity contribution in [2.75, 3.05) is 7.11 Å². The maximum atomic E-state index is 11.3. The van der Waals surface area contributed by atoms with Crippen LogP contribution in [0, 0.1) is 0 Å². The van der Waals surface area contributed by atoms with Crippen molar-refractivity contribution in [3.05, 3.63) is 35.9 Å². The molecule has 0 aliphatic carbocycles. The Morgan fingerprint density at radius 1 is 1.50 bits per heavy atom. The topological polar surface area (TPSA) is 95.6 Å². The minimum Gasteiger partial charge on any atom is -0.504 e. The van der Waals surface area contributed by atoms with Crippen molar-refractivity contribution < 1.29 is 14.6 Å². The average Bonchev–Trinajstić information content (AvgIpc) is 2.44. The second-order valence-electron chi connectivity index (χ2n) is 3.84. The number of phenols is 1. The zero-order valence-corrected chi connectivity index (χ0v) is 10.7. The molecule has 0 spiro atoms. The third kappa shape index (κ3) is 3.08. The van der Waals surface area contributed by atoms with E-state index in [0.29, 0.717) is 11.3 Å². The summed E-state index contributed by atoms with van der Waals surface area (Å²) in [6.07, 6.45) is 2.76. The van der Waals surface area contributed by atoms with Gasteiger partial charge < -0.3 is 9.84 Å². The molecule has 0 bridgehead atoms. The summed E-state index contributed by atoms with van der Waals surface area (Å²) in [4.78, 5) is 15.1. The molecule has 2 N–H and O–H groups in total. The molecule has 1 aromatic carbocycles. The molecule has 1 aliphatic heterocycles. The Labute approximate surface area is 115 Å². The van der Waals surface area contributed by atoms with Gasteiger partial charge in [-0.25, -0.2) is 4.99 Å². The van der Waals surface area contributed by atoms with Gasteiger partial charge in [0.05, 0.1) is 18.9 Å². The van der Waals surface area contributed by atoms with Gasteiger partial charge in [0, 0.05) is 6.21 Å². The van der Waals surface area contributed by atoms with Gasteiger partial charge in [-0.1, -0.05) is 6.58 Å². The van der Waals surface area contributed by atoms with Crippen molar-refractivity contribution in [3.63, 3.8) is 0 Å². The zero-order valence-electron chi connectivity index (χ0n) is 10.7. The van der Waals surface area contributed by atoms with Crippen LogP contribution >= 0.6 is 0 Å². The van der Waals surface area contributed by atoms with E-state index in [1.807, 2.05) is 0 Å². The van der Waals surface area contributed by atoms with Crippen LogP contribution in [0.1, 0.15) is 5.56 Å². The molecule has 102 valence electrons. The summed E-state index contributed by atoms with van der Waals surface area (Å²) < 4.78 is 4.97. The number of phenolic OH excluding ortho intramolecular Hbond substituents is 1. The van der Waals surface area contributed by atoms with Gasteiger partial charge in [-0.15, -0.1) is 5.10 Å². The summed E-state index contributed by atoms with van der Waals surface area (Å²) in [5.41, 5.74) is 0.940. The van der Waals surface area contributed by atoms with Crippen LogP contribution in [-0.2, 0) is 4.79 Å². The van der Waals surface area contributed by atoms with E-state index >= 15 is 0 Å². The molecule has 0 radical (unpaired) electrons. The van der Waals surface area contributed by atoms with Crippen LogP contribution in [0.15, 0.2) is 45.5 Å². The molecule has 0 unspecified atom stereocenters. The number of aliphatic imine (C=N–C) groups is 1. The van der Waals surface area contributed by atoms with E-state index in [4.69, 9.17) is 4.74 Å². The molecule has 7 nitrogen and oxygen atoms in total. The third-order valence-corrected chi connectivity index (χ3v) is 2.42. The molecule has 1 aliphatic rings. The molecule has 0 aromatic heterocycles. The number of amides is 1. The van der Waals surface area contributed by atoms with Crippen LogP contribution in [0.4, 0.5) is 0 Å². The highest BCUT2D eigenvalue weighted by Gasteiger charge is 2.12. The summed E-state index contributed by atoms with van der Waals surface area (Å²) in [6.45, 7) is 3.49. The van der Waals surface area contributed by atoms with Gasteiger partial charge in [0.15, 0.2) is 11.5 Å². The summed E-state index contributed by atoms with van der Waals surface area (Å²) in [5, 5.41) is 19.4. The Hall–Kier alpha value is -2.96. The second-order valence-corrected chi connectivity index (χ2v) is 3.84. The smallest absolute Gasteiger partial charge is 0.259 e. The molecular formula is C13H12N4O3. The van der Waals surface area contributed by atoms with Crippen LogP contribution < -0.4 is 10.1 Å². The number of nitrogens with zero attached hydrogens (tertiary/aromatic N) is 3. The number of ether oxygens (including phenoxy) is 1. The van der Waals surface area contributed by atoms with Crippen molar-refractivity contribution in [3.8, 4) is 11.5 Å². The van der Waals surface area contributed by atoms with Crippen LogP contribution in [0.5, 0.6) is 11.5 Å². The lowest BCUT2D eigenvalue weighted by atomic mass is 10.2. The average molecular weight is 272 g/mol. The number of aromatic hydroxyl groups is 1. The lowest BCUT2D eigenvalue weighted by Crippen LogP contribution is -2.34. The SMILES string of the molecule is C=C1C=N/C(=N/N=C/c2ccc(O)c(OC)c2)NC1=O. The highest BCUT2D eigenvalue weighted by Crippen LogP contribution is 2.25. The van der Waals surface area contributed by atoms with E-state index in [1.165, 1.54) is 25.6 Å². The number of methoxy groups -OCH3 is 1. The number of rotatable bonds is 3. The van der Waals surface area contributed by atoms with E-state index in [0.717, 1.165) is 0 Å². The summed E-state index contributed by atoms with van der Waals surface area (Å²) in [6, 6.07) is 4.73. The Morgan fingerprint density at radius 2 is 2.30 bits per heavy atom. The first-order valence-electron chi connectivity index (χ1n) is 5.62. The van der Waals surface area contributed by atoms with Gasteiger partial charge in [-0.3, -0.25) is 10.1 Å². The van der Waals surface area contributed by atoms with Gasteiger partial charge in [0.2, 0.25) is 5.96 Å². The monoisotopic (exact) mass is 272 g/mol. The van der Waals surface area contributed by atoms with E-state index < -0.39 is 0 Å². The van der Waals surface area contributed by atoms with Crippen molar-refractivity contribution in [1.82, 2.24) is 5.32 Å². The standard InChI is InChI=1S/C13H12N4O3/c1-8-6-14-13(16-12(8)19)17-15-7-9-3-4-10(18)11(5-9)20-2/h3-7,18H,1H2,2H3,(H,16,17,19)/b15-7+. The van der Waals surface area contributed by atoms with Crippen LogP contribution in [0.25, 0.3) is 0 Å². The fraction of sp³-hybridized carbons (Fsp3) is 0.0769. The lowest BCUT2D eigenvalue weighted by Gasteiger charge is -2.07. The molecule has 1 heterocycles. The first-order valence-corrected chi connectivity index (χ1v) is 5.62. The fourth-order valence-corrected chi connectivity index (χ4v) is 1.39. The van der Waals surface area contributed by atoms with E-state index in [-0.39, 0.29) is 23.2 Å². The highest BCUT2D eigenvalue weighted by molar-refractivity contribution is 6.22. The molecule has 1 aromatic rings. The molecular weight excluding hydrogens is 260 g/mol. The van der Waals surface area contributed by atoms with Crippen molar-refractivity contribution in [1.29, 1.82) is 0 Å². The number of hydrogen-bond acceptors (Lipinski definition) is 5. The molecule has 0 saturated heterocycles. The number of benzene rings is 1. The molecule has 7 heteroatoms. The van der Waals surface area contributed by atoms with Crippen molar-refractivity contribution >= 4 is 24.3 Å². The number of guanidine groups is 1. The second kappa shape index (κ2) is 5.79. The predicted octanol–water partition coefficient (Wildman–Crippen LogP) is 0.847. The van der Waals surface area contributed by atoms with Crippen molar-refractivity contribution in [2.45, 2.75) is 0 Å². The Kier molecular flexibility index (Phi) is 3.90. The first-order chi connectivity index (χ1) is 9.60. The highest BCUT2D eigenvalue weighted by atomic mass is 16.5. The Morgan fingerprint density at radius 3 is 3.00 bits per heavy atom. The minimum atomic E-state index is -0.361. The van der Waals surface area contributed by atoms with Crippen LogP contribution in [-0.4, -0.2) is 36.5 Å². The van der Waals surface area contributed by atoms with Gasteiger partial charge in [0.1, 0.15) is 0 Å². The molecule has 0 atom stereocenters. The zero-order chi connectivity index (χ0) is 14.5. The molecule has 2 rings (SSSR count). The summed E-state index contributed by atoms with van der Waals surface area (Å²) in [5.74, 6) is 0.102. The number of carbonyl (C=O) groups excluding carboxylic acids is 1. The predicted molar refractivity (Wildman–Crippen MR) is 75.5 cm³/mol. The van der Waals surface area contributed by atoms with E-state index in [9.17, 15) is 9.90 Å². The van der Waals surface area contributed by atoms with Gasteiger partial charge >= 0.3 is 0 Å². The quantitative estimate of drug-likeness (QED) is 0.485. The van der Waals surface area contributed by atoms with Gasteiger partial charge in [0.25, 0.3) is 5.91 Å². The van der Waals surface area contributed by atoms with E-state index in [1.54, 1.807) is 12.1 Å². The fourth-order valence-electron chi connectivity index (χ4n) is 1.39. The number of nitrogens with one attached hydrogen (secondary N) is 1. The van der Waals surface area contributed by atoms with Crippen LogP contribution in [0.2, 0.25) is 0 Å². The lowest BCUT2D eigenvalue weighted by molar-refractivity contribution is -0.115. The van der Waals surface area contributed by atoms with E-state index in [2.05, 4.69) is 27.1 Å².